The molecule has 1 saturated heterocycles. The molecule has 0 aliphatic carbocycles. The van der Waals surface area contributed by atoms with Crippen LogP contribution in [0.3, 0.4) is 0 Å². The maximum absolute atomic E-state index is 12.8. The standard InChI is InChI=1S/C18H19ClN4O3S/c19-15-3-1-2-4-16(15)27(24,25)22-10-7-14(8-11-22)13-26-18-6-5-17-20-9-12-23(17)21-18/h1-6,9,12,14H,7-8,10-11,13H2. The van der Waals surface area contributed by atoms with Gasteiger partial charge in [-0.3, -0.25) is 0 Å². The molecule has 0 atom stereocenters. The molecule has 0 bridgehead atoms. The van der Waals surface area contributed by atoms with Crippen LogP contribution < -0.4 is 4.74 Å². The SMILES string of the molecule is O=S(=O)(c1ccccc1Cl)N1CCC(COc2ccc3nccn3n2)CC1. The number of rotatable bonds is 5. The number of halogens is 1. The smallest absolute Gasteiger partial charge is 0.244 e. The van der Waals surface area contributed by atoms with Crippen molar-refractivity contribution in [1.29, 1.82) is 0 Å². The number of sulfonamides is 1. The van der Waals surface area contributed by atoms with E-state index >= 15 is 0 Å². The predicted octanol–water partition coefficient (Wildman–Crippen LogP) is 2.86. The monoisotopic (exact) mass is 406 g/mol. The van der Waals surface area contributed by atoms with Crippen LogP contribution in [-0.2, 0) is 10.0 Å². The molecule has 0 N–H and O–H groups in total. The number of fused-ring (bicyclic) bond motifs is 1. The van der Waals surface area contributed by atoms with Crippen molar-refractivity contribution in [3.05, 3.63) is 53.8 Å². The molecule has 1 aromatic carbocycles. The fourth-order valence-corrected chi connectivity index (χ4v) is 5.15. The van der Waals surface area contributed by atoms with E-state index < -0.39 is 10.0 Å². The molecule has 0 saturated carbocycles. The molecular weight excluding hydrogens is 388 g/mol. The van der Waals surface area contributed by atoms with E-state index in [4.69, 9.17) is 16.3 Å². The van der Waals surface area contributed by atoms with Gasteiger partial charge in [0, 0.05) is 31.5 Å². The van der Waals surface area contributed by atoms with Crippen molar-refractivity contribution in [1.82, 2.24) is 18.9 Å². The minimum absolute atomic E-state index is 0.166. The number of aromatic nitrogens is 3. The van der Waals surface area contributed by atoms with Crippen molar-refractivity contribution in [3.63, 3.8) is 0 Å². The van der Waals surface area contributed by atoms with Gasteiger partial charge < -0.3 is 4.74 Å². The average Bonchev–Trinajstić information content (AvgIpc) is 3.15. The van der Waals surface area contributed by atoms with E-state index in [0.717, 1.165) is 18.5 Å². The van der Waals surface area contributed by atoms with Gasteiger partial charge in [-0.1, -0.05) is 23.7 Å². The van der Waals surface area contributed by atoms with Crippen LogP contribution in [-0.4, -0.2) is 47.0 Å². The lowest BCUT2D eigenvalue weighted by molar-refractivity contribution is 0.179. The van der Waals surface area contributed by atoms with Crippen LogP contribution in [0.1, 0.15) is 12.8 Å². The Morgan fingerprint density at radius 2 is 1.93 bits per heavy atom. The highest BCUT2D eigenvalue weighted by Gasteiger charge is 2.30. The molecule has 27 heavy (non-hydrogen) atoms. The summed E-state index contributed by atoms with van der Waals surface area (Å²) in [6, 6.07) is 10.2. The van der Waals surface area contributed by atoms with E-state index in [1.807, 2.05) is 6.07 Å². The highest BCUT2D eigenvalue weighted by atomic mass is 35.5. The summed E-state index contributed by atoms with van der Waals surface area (Å²) < 4.78 is 34.5. The van der Waals surface area contributed by atoms with Gasteiger partial charge in [0.25, 0.3) is 0 Å². The van der Waals surface area contributed by atoms with E-state index in [-0.39, 0.29) is 15.8 Å². The second kappa shape index (κ2) is 7.46. The Kier molecular flexibility index (Phi) is 5.03. The van der Waals surface area contributed by atoms with Gasteiger partial charge in [-0.05, 0) is 37.0 Å². The molecule has 1 aliphatic rings. The first kappa shape index (κ1) is 18.2. The van der Waals surface area contributed by atoms with E-state index in [2.05, 4.69) is 10.1 Å². The maximum atomic E-state index is 12.8. The molecule has 3 heterocycles. The Morgan fingerprint density at radius 1 is 1.15 bits per heavy atom. The van der Waals surface area contributed by atoms with Gasteiger partial charge in [0.05, 0.1) is 11.6 Å². The average molecular weight is 407 g/mol. The van der Waals surface area contributed by atoms with Gasteiger partial charge in [-0.15, -0.1) is 5.10 Å². The molecule has 1 fully saturated rings. The molecule has 7 nitrogen and oxygen atoms in total. The highest BCUT2D eigenvalue weighted by molar-refractivity contribution is 7.89. The minimum atomic E-state index is -3.56. The van der Waals surface area contributed by atoms with Gasteiger partial charge in [0.1, 0.15) is 4.90 Å². The van der Waals surface area contributed by atoms with Crippen LogP contribution in [0.25, 0.3) is 5.65 Å². The summed E-state index contributed by atoms with van der Waals surface area (Å²) >= 11 is 6.07. The zero-order chi connectivity index (χ0) is 18.9. The van der Waals surface area contributed by atoms with Gasteiger partial charge in [0.2, 0.25) is 15.9 Å². The summed E-state index contributed by atoms with van der Waals surface area (Å²) in [5, 5.41) is 4.59. The van der Waals surface area contributed by atoms with Gasteiger partial charge in [-0.25, -0.2) is 17.9 Å². The summed E-state index contributed by atoms with van der Waals surface area (Å²) in [7, 11) is -3.56. The first-order valence-corrected chi connectivity index (χ1v) is 10.5. The third kappa shape index (κ3) is 3.78. The number of ether oxygens (including phenoxy) is 1. The Bertz CT molecular complexity index is 1050. The summed E-state index contributed by atoms with van der Waals surface area (Å²) in [6.45, 7) is 1.41. The lowest BCUT2D eigenvalue weighted by atomic mass is 9.99. The summed E-state index contributed by atoms with van der Waals surface area (Å²) in [6.07, 6.45) is 4.91. The van der Waals surface area contributed by atoms with E-state index in [9.17, 15) is 8.42 Å². The summed E-state index contributed by atoms with van der Waals surface area (Å²) in [5.41, 5.74) is 0.764. The van der Waals surface area contributed by atoms with Crippen molar-refractivity contribution in [2.45, 2.75) is 17.7 Å². The Hall–Kier alpha value is -2.16. The van der Waals surface area contributed by atoms with Gasteiger partial charge in [0.15, 0.2) is 5.65 Å². The number of hydrogen-bond donors (Lipinski definition) is 0. The molecule has 1 aliphatic heterocycles. The third-order valence-corrected chi connectivity index (χ3v) is 7.12. The molecular formula is C18H19ClN4O3S. The molecule has 0 unspecified atom stereocenters. The first-order chi connectivity index (χ1) is 13.0. The van der Waals surface area contributed by atoms with E-state index in [0.29, 0.717) is 25.6 Å². The molecule has 142 valence electrons. The van der Waals surface area contributed by atoms with Crippen LogP contribution in [0.15, 0.2) is 53.7 Å². The molecule has 3 aromatic rings. The van der Waals surface area contributed by atoms with Crippen LogP contribution in [0, 0.1) is 5.92 Å². The van der Waals surface area contributed by atoms with Gasteiger partial charge in [-0.2, -0.15) is 4.31 Å². The van der Waals surface area contributed by atoms with Crippen molar-refractivity contribution < 1.29 is 13.2 Å². The van der Waals surface area contributed by atoms with Crippen LogP contribution >= 0.6 is 11.6 Å². The molecule has 0 radical (unpaired) electrons. The summed E-state index contributed by atoms with van der Waals surface area (Å²) in [5.74, 6) is 0.814. The minimum Gasteiger partial charge on any atom is -0.476 e. The fourth-order valence-electron chi connectivity index (χ4n) is 3.19. The number of benzene rings is 1. The predicted molar refractivity (Wildman–Crippen MR) is 101 cm³/mol. The lowest BCUT2D eigenvalue weighted by Gasteiger charge is -2.31. The number of hydrogen-bond acceptors (Lipinski definition) is 5. The Labute approximate surface area is 162 Å². The molecule has 4 rings (SSSR count). The number of imidazole rings is 1. The lowest BCUT2D eigenvalue weighted by Crippen LogP contribution is -2.39. The van der Waals surface area contributed by atoms with Crippen molar-refractivity contribution in [3.8, 4) is 5.88 Å². The highest BCUT2D eigenvalue weighted by Crippen LogP contribution is 2.28. The number of nitrogens with zero attached hydrogens (tertiary/aromatic N) is 4. The number of piperidine rings is 1. The van der Waals surface area contributed by atoms with Crippen LogP contribution in [0.4, 0.5) is 0 Å². The Balaban J connectivity index is 1.35. The second-order valence-corrected chi connectivity index (χ2v) is 8.80. The normalized spacial score (nSPS) is 16.6. The molecule has 9 heteroatoms. The van der Waals surface area contributed by atoms with Gasteiger partial charge >= 0.3 is 0 Å². The fraction of sp³-hybridized carbons (Fsp3) is 0.333. The van der Waals surface area contributed by atoms with Crippen LogP contribution in [0.5, 0.6) is 5.88 Å². The zero-order valence-corrected chi connectivity index (χ0v) is 16.1. The van der Waals surface area contributed by atoms with E-state index in [1.165, 1.54) is 4.31 Å². The largest absolute Gasteiger partial charge is 0.476 e. The van der Waals surface area contributed by atoms with Crippen LogP contribution in [0.2, 0.25) is 5.02 Å². The second-order valence-electron chi connectivity index (χ2n) is 6.49. The third-order valence-electron chi connectivity index (χ3n) is 4.73. The topological polar surface area (TPSA) is 76.8 Å². The molecule has 0 spiro atoms. The van der Waals surface area contributed by atoms with Crippen molar-refractivity contribution in [2.24, 2.45) is 5.92 Å². The van der Waals surface area contributed by atoms with Crippen molar-refractivity contribution >= 4 is 27.3 Å². The molecule has 2 aromatic heterocycles. The summed E-state index contributed by atoms with van der Waals surface area (Å²) in [4.78, 5) is 4.31. The zero-order valence-electron chi connectivity index (χ0n) is 14.5. The molecule has 0 amide bonds. The quantitative estimate of drug-likeness (QED) is 0.651. The first-order valence-electron chi connectivity index (χ1n) is 8.72. The van der Waals surface area contributed by atoms with Crippen molar-refractivity contribution in [2.75, 3.05) is 19.7 Å². The van der Waals surface area contributed by atoms with E-state index in [1.54, 1.807) is 47.2 Å². The maximum Gasteiger partial charge on any atom is 0.244 e. The Morgan fingerprint density at radius 3 is 2.70 bits per heavy atom.